The number of benzene rings is 1. The van der Waals surface area contributed by atoms with Gasteiger partial charge < -0.3 is 9.09 Å². The van der Waals surface area contributed by atoms with Gasteiger partial charge in [0.1, 0.15) is 0 Å². The Hall–Kier alpha value is -2.69. The fraction of sp³-hybridized carbons (Fsp3) is 0.381. The van der Waals surface area contributed by atoms with Crippen molar-refractivity contribution in [3.05, 3.63) is 69.5 Å². The summed E-state index contributed by atoms with van der Waals surface area (Å²) in [6.45, 7) is 7.20. The second kappa shape index (κ2) is 6.56. The second-order valence-electron chi connectivity index (χ2n) is 7.32. The van der Waals surface area contributed by atoms with Crippen molar-refractivity contribution in [3.63, 3.8) is 0 Å². The maximum Gasteiger partial charge on any atom is 0.234 e. The Kier molecular flexibility index (Phi) is 4.23. The highest BCUT2D eigenvalue weighted by Gasteiger charge is 2.27. The van der Waals surface area contributed by atoms with Crippen molar-refractivity contribution >= 4 is 0 Å². The lowest BCUT2D eigenvalue weighted by Gasteiger charge is -2.16. The zero-order chi connectivity index (χ0) is 18.3. The maximum atomic E-state index is 12.6. The monoisotopic (exact) mass is 349 g/mol. The number of hydrogen-bond donors (Lipinski definition) is 0. The Balaban J connectivity index is 1.80. The van der Waals surface area contributed by atoms with Crippen molar-refractivity contribution in [2.75, 3.05) is 0 Å². The largest absolute Gasteiger partial charge is 0.348 e. The van der Waals surface area contributed by atoms with Crippen LogP contribution in [0.3, 0.4) is 0 Å². The molecule has 0 bridgehead atoms. The van der Waals surface area contributed by atoms with E-state index in [0.29, 0.717) is 23.2 Å². The zero-order valence-corrected chi connectivity index (χ0v) is 15.4. The number of rotatable bonds is 4. The van der Waals surface area contributed by atoms with Crippen LogP contribution in [0.1, 0.15) is 49.0 Å². The maximum absolute atomic E-state index is 12.6. The lowest BCUT2D eigenvalue weighted by Crippen LogP contribution is -2.15. The van der Waals surface area contributed by atoms with E-state index in [1.807, 2.05) is 25.1 Å². The van der Waals surface area contributed by atoms with Crippen LogP contribution in [-0.4, -0.2) is 14.7 Å². The molecule has 2 aromatic heterocycles. The fourth-order valence-electron chi connectivity index (χ4n) is 3.98. The molecule has 0 aliphatic carbocycles. The summed E-state index contributed by atoms with van der Waals surface area (Å²) in [6.07, 6.45) is 1.92. The first-order valence-corrected chi connectivity index (χ1v) is 9.18. The number of pyridine rings is 1. The molecule has 1 atom stereocenters. The van der Waals surface area contributed by atoms with Crippen LogP contribution in [0.4, 0.5) is 0 Å². The lowest BCUT2D eigenvalue weighted by atomic mass is 9.88. The third kappa shape index (κ3) is 2.77. The lowest BCUT2D eigenvalue weighted by molar-refractivity contribution is 0.341. The summed E-state index contributed by atoms with van der Waals surface area (Å²) in [4.78, 5) is 17.3. The first-order valence-electron chi connectivity index (χ1n) is 9.18. The third-order valence-corrected chi connectivity index (χ3v) is 5.18. The van der Waals surface area contributed by atoms with Crippen molar-refractivity contribution in [2.45, 2.75) is 46.1 Å². The molecule has 26 heavy (non-hydrogen) atoms. The van der Waals surface area contributed by atoms with Gasteiger partial charge in [-0.05, 0) is 31.2 Å². The highest BCUT2D eigenvalue weighted by molar-refractivity contribution is 5.59. The van der Waals surface area contributed by atoms with Gasteiger partial charge in [-0.2, -0.15) is 4.98 Å². The Bertz CT molecular complexity index is 986. The minimum Gasteiger partial charge on any atom is -0.348 e. The van der Waals surface area contributed by atoms with Gasteiger partial charge in [0.05, 0.1) is 11.5 Å². The number of hydrogen-bond acceptors (Lipinski definition) is 4. The molecule has 0 fully saturated rings. The summed E-state index contributed by atoms with van der Waals surface area (Å²) in [5.74, 6) is 1.30. The van der Waals surface area contributed by atoms with Crippen molar-refractivity contribution in [1.29, 1.82) is 0 Å². The van der Waals surface area contributed by atoms with Crippen molar-refractivity contribution in [3.8, 4) is 11.4 Å². The summed E-state index contributed by atoms with van der Waals surface area (Å²) < 4.78 is 7.83. The molecule has 1 aliphatic rings. The Morgan fingerprint density at radius 2 is 1.96 bits per heavy atom. The summed E-state index contributed by atoms with van der Waals surface area (Å²) in [5, 5.41) is 4.18. The van der Waals surface area contributed by atoms with E-state index in [0.717, 1.165) is 36.3 Å². The summed E-state index contributed by atoms with van der Waals surface area (Å²) in [6, 6.07) is 11.9. The molecule has 0 saturated carbocycles. The zero-order valence-electron chi connectivity index (χ0n) is 15.4. The predicted octanol–water partition coefficient (Wildman–Crippen LogP) is 3.94. The van der Waals surface area contributed by atoms with Crippen LogP contribution in [0, 0.1) is 12.8 Å². The SMILES string of the molecule is Cc1cc(=O)c(-c2noc(C(c3ccccc3)C(C)C)n2)c2n1CCC2. The van der Waals surface area contributed by atoms with E-state index >= 15 is 0 Å². The minimum atomic E-state index is -0.0243. The molecule has 5 nitrogen and oxygen atoms in total. The first-order chi connectivity index (χ1) is 12.6. The molecule has 3 heterocycles. The first kappa shape index (κ1) is 16.8. The molecule has 0 N–H and O–H groups in total. The molecule has 0 spiro atoms. The van der Waals surface area contributed by atoms with Gasteiger partial charge >= 0.3 is 0 Å². The van der Waals surface area contributed by atoms with Gasteiger partial charge in [-0.3, -0.25) is 4.79 Å². The van der Waals surface area contributed by atoms with E-state index in [-0.39, 0.29) is 11.3 Å². The smallest absolute Gasteiger partial charge is 0.234 e. The van der Waals surface area contributed by atoms with Crippen LogP contribution in [0.5, 0.6) is 0 Å². The van der Waals surface area contributed by atoms with Crippen LogP contribution in [0.15, 0.2) is 45.7 Å². The topological polar surface area (TPSA) is 60.9 Å². The van der Waals surface area contributed by atoms with E-state index in [9.17, 15) is 4.79 Å². The van der Waals surface area contributed by atoms with Crippen molar-refractivity contribution < 1.29 is 4.52 Å². The van der Waals surface area contributed by atoms with Crippen molar-refractivity contribution in [1.82, 2.24) is 14.7 Å². The minimum absolute atomic E-state index is 0.0127. The molecule has 0 amide bonds. The van der Waals surface area contributed by atoms with Gasteiger partial charge in [-0.25, -0.2) is 0 Å². The van der Waals surface area contributed by atoms with Crippen LogP contribution < -0.4 is 5.43 Å². The van der Waals surface area contributed by atoms with E-state index in [2.05, 4.69) is 40.7 Å². The van der Waals surface area contributed by atoms with Gasteiger partial charge in [0, 0.05) is 24.0 Å². The molecule has 0 saturated heterocycles. The van der Waals surface area contributed by atoms with Gasteiger partial charge in [-0.1, -0.05) is 49.3 Å². The molecule has 5 heteroatoms. The summed E-state index contributed by atoms with van der Waals surface area (Å²) in [5.41, 5.74) is 3.74. The van der Waals surface area contributed by atoms with Crippen LogP contribution in [0.2, 0.25) is 0 Å². The Morgan fingerprint density at radius 3 is 2.69 bits per heavy atom. The number of aromatic nitrogens is 3. The molecule has 1 unspecified atom stereocenters. The number of nitrogens with zero attached hydrogens (tertiary/aromatic N) is 3. The van der Waals surface area contributed by atoms with Gasteiger partial charge in [-0.15, -0.1) is 0 Å². The van der Waals surface area contributed by atoms with E-state index in [1.165, 1.54) is 0 Å². The fourth-order valence-corrected chi connectivity index (χ4v) is 3.98. The highest BCUT2D eigenvalue weighted by Crippen LogP contribution is 2.32. The quantitative estimate of drug-likeness (QED) is 0.716. The Labute approximate surface area is 152 Å². The number of aryl methyl sites for hydroxylation is 1. The van der Waals surface area contributed by atoms with Gasteiger partial charge in [0.2, 0.25) is 11.7 Å². The predicted molar refractivity (Wildman–Crippen MR) is 100 cm³/mol. The van der Waals surface area contributed by atoms with Gasteiger partial charge in [0.15, 0.2) is 5.43 Å². The molecular weight excluding hydrogens is 326 g/mol. The third-order valence-electron chi connectivity index (χ3n) is 5.18. The molecule has 4 rings (SSSR count). The Morgan fingerprint density at radius 1 is 1.19 bits per heavy atom. The van der Waals surface area contributed by atoms with Crippen LogP contribution in [0.25, 0.3) is 11.4 Å². The molecule has 3 aromatic rings. The van der Waals surface area contributed by atoms with Gasteiger partial charge in [0.25, 0.3) is 0 Å². The van der Waals surface area contributed by atoms with Crippen LogP contribution >= 0.6 is 0 Å². The number of fused-ring (bicyclic) bond motifs is 1. The van der Waals surface area contributed by atoms with Crippen LogP contribution in [-0.2, 0) is 13.0 Å². The molecular formula is C21H23N3O2. The molecule has 0 radical (unpaired) electrons. The average Bonchev–Trinajstić information content (AvgIpc) is 3.26. The molecule has 134 valence electrons. The summed E-state index contributed by atoms with van der Waals surface area (Å²) in [7, 11) is 0. The highest BCUT2D eigenvalue weighted by atomic mass is 16.5. The normalized spacial score (nSPS) is 14.6. The average molecular weight is 349 g/mol. The van der Waals surface area contributed by atoms with E-state index in [1.54, 1.807) is 6.07 Å². The second-order valence-corrected chi connectivity index (χ2v) is 7.32. The summed E-state index contributed by atoms with van der Waals surface area (Å²) >= 11 is 0. The van der Waals surface area contributed by atoms with E-state index < -0.39 is 0 Å². The van der Waals surface area contributed by atoms with E-state index in [4.69, 9.17) is 4.52 Å². The van der Waals surface area contributed by atoms with Crippen molar-refractivity contribution in [2.24, 2.45) is 5.92 Å². The standard InChI is InChI=1S/C21H23N3O2/c1-13(2)18(15-8-5-4-6-9-15)21-22-20(23-26-21)19-16-10-7-11-24(16)14(3)12-17(19)25/h4-6,8-9,12-13,18H,7,10-11H2,1-3H3. The molecule has 1 aliphatic heterocycles. The molecule has 1 aromatic carbocycles.